The van der Waals surface area contributed by atoms with Crippen molar-refractivity contribution in [2.75, 3.05) is 0 Å². The average Bonchev–Trinajstić information content (AvgIpc) is 1.84. The van der Waals surface area contributed by atoms with Crippen molar-refractivity contribution in [3.63, 3.8) is 0 Å². The molecule has 0 saturated heterocycles. The number of amides is 1. The third kappa shape index (κ3) is 3.57. The van der Waals surface area contributed by atoms with Gasteiger partial charge in [-0.05, 0) is 5.92 Å². The van der Waals surface area contributed by atoms with Gasteiger partial charge in [0.15, 0.2) is 5.96 Å². The molecule has 0 aliphatic heterocycles. The molecule has 0 rings (SSSR count). The molecule has 0 fully saturated rings. The molecule has 0 unspecified atom stereocenters. The molecule has 0 heterocycles. The number of carbonyl (C=O) groups is 1. The second-order valence-corrected chi connectivity index (χ2v) is 2.64. The van der Waals surface area contributed by atoms with Crippen LogP contribution < -0.4 is 17.2 Å². The third-order valence-corrected chi connectivity index (χ3v) is 1.24. The quantitative estimate of drug-likeness (QED) is 0.345. The van der Waals surface area contributed by atoms with Crippen molar-refractivity contribution < 1.29 is 4.79 Å². The van der Waals surface area contributed by atoms with Crippen LogP contribution >= 0.6 is 0 Å². The van der Waals surface area contributed by atoms with Crippen LogP contribution in [0.5, 0.6) is 0 Å². The molecule has 0 saturated carbocycles. The van der Waals surface area contributed by atoms with E-state index in [1.54, 1.807) is 0 Å². The van der Waals surface area contributed by atoms with E-state index in [0.29, 0.717) is 0 Å². The molecule has 1 atom stereocenters. The summed E-state index contributed by atoms with van der Waals surface area (Å²) in [6, 6.07) is -0.614. The molecular formula is C6H14N4O. The van der Waals surface area contributed by atoms with Crippen LogP contribution in [0.15, 0.2) is 4.99 Å². The number of hydrogen-bond acceptors (Lipinski definition) is 2. The lowest BCUT2D eigenvalue weighted by atomic mass is 10.1. The largest absolute Gasteiger partial charge is 0.370 e. The van der Waals surface area contributed by atoms with Gasteiger partial charge < -0.3 is 17.2 Å². The summed E-state index contributed by atoms with van der Waals surface area (Å²) in [5.41, 5.74) is 15.4. The Labute approximate surface area is 65.6 Å². The summed E-state index contributed by atoms with van der Waals surface area (Å²) >= 11 is 0. The monoisotopic (exact) mass is 158 g/mol. The van der Waals surface area contributed by atoms with E-state index in [0.717, 1.165) is 0 Å². The minimum absolute atomic E-state index is 0.0469. The Bertz CT molecular complexity index is 171. The van der Waals surface area contributed by atoms with E-state index in [-0.39, 0.29) is 11.9 Å². The van der Waals surface area contributed by atoms with Crippen LogP contribution in [0.1, 0.15) is 13.8 Å². The van der Waals surface area contributed by atoms with Crippen LogP contribution in [0, 0.1) is 5.92 Å². The summed E-state index contributed by atoms with van der Waals surface area (Å²) in [4.78, 5) is 14.2. The molecule has 0 aliphatic rings. The number of nitrogens with two attached hydrogens (primary N) is 3. The predicted molar refractivity (Wildman–Crippen MR) is 43.6 cm³/mol. The van der Waals surface area contributed by atoms with Crippen molar-refractivity contribution in [1.82, 2.24) is 0 Å². The first kappa shape index (κ1) is 9.90. The molecule has 5 nitrogen and oxygen atoms in total. The van der Waals surface area contributed by atoms with Crippen LogP contribution in [0.2, 0.25) is 0 Å². The molecule has 0 aliphatic carbocycles. The summed E-state index contributed by atoms with van der Waals surface area (Å²) in [7, 11) is 0. The van der Waals surface area contributed by atoms with Crippen molar-refractivity contribution in [3.8, 4) is 0 Å². The molecule has 6 N–H and O–H groups in total. The van der Waals surface area contributed by atoms with Gasteiger partial charge in [0.2, 0.25) is 0 Å². The maximum atomic E-state index is 10.9. The van der Waals surface area contributed by atoms with Gasteiger partial charge in [-0.2, -0.15) is 4.99 Å². The number of hydrogen-bond donors (Lipinski definition) is 3. The Morgan fingerprint density at radius 1 is 1.36 bits per heavy atom. The van der Waals surface area contributed by atoms with Crippen LogP contribution in [-0.4, -0.2) is 17.9 Å². The van der Waals surface area contributed by atoms with Gasteiger partial charge in [-0.1, -0.05) is 13.8 Å². The topological polar surface area (TPSA) is 107 Å². The normalized spacial score (nSPS) is 12.7. The molecule has 0 aromatic rings. The van der Waals surface area contributed by atoms with E-state index >= 15 is 0 Å². The summed E-state index contributed by atoms with van der Waals surface area (Å²) in [5, 5.41) is 0. The molecule has 1 amide bonds. The van der Waals surface area contributed by atoms with Crippen molar-refractivity contribution in [1.29, 1.82) is 0 Å². The average molecular weight is 158 g/mol. The van der Waals surface area contributed by atoms with Gasteiger partial charge in [0.05, 0.1) is 6.04 Å². The maximum absolute atomic E-state index is 10.9. The lowest BCUT2D eigenvalue weighted by Crippen LogP contribution is -2.36. The fourth-order valence-corrected chi connectivity index (χ4v) is 0.487. The van der Waals surface area contributed by atoms with Crippen LogP contribution in [-0.2, 0) is 4.79 Å². The van der Waals surface area contributed by atoms with Gasteiger partial charge in [0.25, 0.3) is 5.91 Å². The summed E-state index contributed by atoms with van der Waals surface area (Å²) in [6.45, 7) is 3.65. The minimum Gasteiger partial charge on any atom is -0.370 e. The number of guanidine groups is 1. The lowest BCUT2D eigenvalue weighted by Gasteiger charge is -2.10. The molecule has 0 radical (unpaired) electrons. The number of carbonyl (C=O) groups excluding carboxylic acids is 1. The zero-order chi connectivity index (χ0) is 9.02. The molecular weight excluding hydrogens is 144 g/mol. The summed E-state index contributed by atoms with van der Waals surface area (Å²) in [6.07, 6.45) is 0. The van der Waals surface area contributed by atoms with Gasteiger partial charge >= 0.3 is 0 Å². The fraction of sp³-hybridized carbons (Fsp3) is 0.667. The highest BCUT2D eigenvalue weighted by molar-refractivity contribution is 5.94. The Morgan fingerprint density at radius 3 is 2.09 bits per heavy atom. The second-order valence-electron chi connectivity index (χ2n) is 2.64. The Kier molecular flexibility index (Phi) is 3.53. The minimum atomic E-state index is -0.614. The van der Waals surface area contributed by atoms with Crippen molar-refractivity contribution >= 4 is 11.9 Å². The maximum Gasteiger partial charge on any atom is 0.266 e. The molecule has 64 valence electrons. The first-order valence-corrected chi connectivity index (χ1v) is 3.34. The van der Waals surface area contributed by atoms with Crippen molar-refractivity contribution in [2.24, 2.45) is 28.1 Å². The van der Waals surface area contributed by atoms with Crippen LogP contribution in [0.25, 0.3) is 0 Å². The highest BCUT2D eigenvalue weighted by atomic mass is 16.1. The highest BCUT2D eigenvalue weighted by Crippen LogP contribution is 1.99. The predicted octanol–water partition coefficient (Wildman–Crippen LogP) is -1.23. The van der Waals surface area contributed by atoms with E-state index in [9.17, 15) is 4.79 Å². The second kappa shape index (κ2) is 3.92. The van der Waals surface area contributed by atoms with Crippen LogP contribution in [0.3, 0.4) is 0 Å². The summed E-state index contributed by atoms with van der Waals surface area (Å²) < 4.78 is 0. The summed E-state index contributed by atoms with van der Waals surface area (Å²) in [5.74, 6) is -0.670. The number of nitrogens with zero attached hydrogens (tertiary/aromatic N) is 1. The van der Waals surface area contributed by atoms with E-state index in [1.807, 2.05) is 13.8 Å². The smallest absolute Gasteiger partial charge is 0.266 e. The zero-order valence-corrected chi connectivity index (χ0v) is 6.74. The van der Waals surface area contributed by atoms with E-state index in [1.165, 1.54) is 0 Å². The Hall–Kier alpha value is -1.10. The van der Waals surface area contributed by atoms with Gasteiger partial charge in [-0.15, -0.1) is 0 Å². The first-order valence-electron chi connectivity index (χ1n) is 3.34. The van der Waals surface area contributed by atoms with E-state index in [2.05, 4.69) is 4.99 Å². The molecule has 0 bridgehead atoms. The molecule has 0 aromatic heterocycles. The molecule has 0 spiro atoms. The Morgan fingerprint density at radius 2 is 1.82 bits per heavy atom. The number of aliphatic imine (C=N–C) groups is 1. The van der Waals surface area contributed by atoms with E-state index in [4.69, 9.17) is 17.2 Å². The zero-order valence-electron chi connectivity index (χ0n) is 6.74. The molecule has 0 aromatic carbocycles. The van der Waals surface area contributed by atoms with Gasteiger partial charge in [0.1, 0.15) is 0 Å². The molecule has 5 heteroatoms. The SMILES string of the molecule is CC(C)[C@H](N)C(=O)N=C(N)N. The van der Waals surface area contributed by atoms with Crippen molar-refractivity contribution in [2.45, 2.75) is 19.9 Å². The first-order chi connectivity index (χ1) is 4.95. The van der Waals surface area contributed by atoms with Crippen LogP contribution in [0.4, 0.5) is 0 Å². The lowest BCUT2D eigenvalue weighted by molar-refractivity contribution is -0.119. The third-order valence-electron chi connectivity index (χ3n) is 1.24. The van der Waals surface area contributed by atoms with Gasteiger partial charge in [-0.3, -0.25) is 4.79 Å². The highest BCUT2D eigenvalue weighted by Gasteiger charge is 2.16. The molecule has 11 heavy (non-hydrogen) atoms. The fourth-order valence-electron chi connectivity index (χ4n) is 0.487. The number of rotatable bonds is 2. The van der Waals surface area contributed by atoms with Gasteiger partial charge in [-0.25, -0.2) is 0 Å². The standard InChI is InChI=1S/C6H14N4O/c1-3(2)4(7)5(11)10-6(8)9/h3-4H,7H2,1-2H3,(H4,8,9,10,11)/t4-/m0/s1. The van der Waals surface area contributed by atoms with E-state index < -0.39 is 11.9 Å². The van der Waals surface area contributed by atoms with Gasteiger partial charge in [0, 0.05) is 0 Å². The Balaban J connectivity index is 4.15. The van der Waals surface area contributed by atoms with Crippen molar-refractivity contribution in [3.05, 3.63) is 0 Å².